The van der Waals surface area contributed by atoms with E-state index in [4.69, 9.17) is 18.9 Å². The summed E-state index contributed by atoms with van der Waals surface area (Å²) in [7, 11) is 4.74. The molecule has 0 saturated heterocycles. The van der Waals surface area contributed by atoms with Gasteiger partial charge in [-0.25, -0.2) is 0 Å². The Morgan fingerprint density at radius 3 is 2.30 bits per heavy atom. The zero-order chi connectivity index (χ0) is 23.8. The fourth-order valence-corrected chi connectivity index (χ4v) is 3.95. The number of benzene rings is 2. The van der Waals surface area contributed by atoms with Crippen LogP contribution in [0.15, 0.2) is 47.6 Å². The maximum absolute atomic E-state index is 12.6. The molecule has 0 aliphatic heterocycles. The van der Waals surface area contributed by atoms with Gasteiger partial charge in [-0.2, -0.15) is 0 Å². The lowest BCUT2D eigenvalue weighted by Gasteiger charge is -2.16. The van der Waals surface area contributed by atoms with Crippen LogP contribution in [-0.4, -0.2) is 47.8 Å². The predicted octanol–water partition coefficient (Wildman–Crippen LogP) is 4.19. The summed E-state index contributed by atoms with van der Waals surface area (Å²) in [5.74, 6) is 3.29. The molecule has 0 radical (unpaired) electrons. The van der Waals surface area contributed by atoms with Crippen molar-refractivity contribution in [3.63, 3.8) is 0 Å². The van der Waals surface area contributed by atoms with Crippen LogP contribution in [0, 0.1) is 0 Å². The highest BCUT2D eigenvalue weighted by Gasteiger charge is 2.20. The third-order valence-corrected chi connectivity index (χ3v) is 5.78. The summed E-state index contributed by atoms with van der Waals surface area (Å²) in [4.78, 5) is 12.6. The number of ether oxygens (including phenoxy) is 4. The first-order valence-corrected chi connectivity index (χ1v) is 11.4. The van der Waals surface area contributed by atoms with Crippen molar-refractivity contribution in [2.75, 3.05) is 32.4 Å². The van der Waals surface area contributed by atoms with Gasteiger partial charge in [0.1, 0.15) is 23.0 Å². The summed E-state index contributed by atoms with van der Waals surface area (Å²) in [6.07, 6.45) is -0.324. The van der Waals surface area contributed by atoms with Crippen molar-refractivity contribution in [3.05, 3.63) is 48.3 Å². The van der Waals surface area contributed by atoms with Crippen molar-refractivity contribution < 1.29 is 23.7 Å². The molecule has 1 aromatic heterocycles. The molecule has 10 heteroatoms. The normalized spacial score (nSPS) is 11.5. The molecule has 3 rings (SSSR count). The van der Waals surface area contributed by atoms with Crippen molar-refractivity contribution in [2.45, 2.75) is 31.7 Å². The largest absolute Gasteiger partial charge is 0.497 e. The van der Waals surface area contributed by atoms with Gasteiger partial charge >= 0.3 is 0 Å². The van der Waals surface area contributed by atoms with Crippen LogP contribution in [0.3, 0.4) is 0 Å². The van der Waals surface area contributed by atoms with Gasteiger partial charge in [-0.3, -0.25) is 4.79 Å². The van der Waals surface area contributed by atoms with E-state index >= 15 is 0 Å². The Kier molecular flexibility index (Phi) is 8.42. The summed E-state index contributed by atoms with van der Waals surface area (Å²) in [6.45, 7) is 4.56. The van der Waals surface area contributed by atoms with Gasteiger partial charge in [0.2, 0.25) is 5.91 Å². The fraction of sp³-hybridized carbons (Fsp3) is 0.348. The SMILES string of the molecule is CCn1c(SCC(=O)Nc2cc(OC)ccc2OC)nnc1C(C)Oc1ccc(OC)cc1. The van der Waals surface area contributed by atoms with Crippen LogP contribution in [0.2, 0.25) is 0 Å². The van der Waals surface area contributed by atoms with E-state index < -0.39 is 0 Å². The number of hydrogen-bond donors (Lipinski definition) is 1. The van der Waals surface area contributed by atoms with E-state index in [2.05, 4.69) is 15.5 Å². The molecule has 1 atom stereocenters. The molecule has 0 spiro atoms. The molecule has 1 amide bonds. The van der Waals surface area contributed by atoms with Crippen LogP contribution in [0.4, 0.5) is 5.69 Å². The van der Waals surface area contributed by atoms with E-state index in [9.17, 15) is 4.79 Å². The zero-order valence-electron chi connectivity index (χ0n) is 19.3. The number of amides is 1. The zero-order valence-corrected chi connectivity index (χ0v) is 20.1. The molecule has 0 fully saturated rings. The summed E-state index contributed by atoms with van der Waals surface area (Å²) >= 11 is 1.31. The van der Waals surface area contributed by atoms with E-state index in [1.54, 1.807) is 39.5 Å². The Morgan fingerprint density at radius 1 is 1.00 bits per heavy atom. The van der Waals surface area contributed by atoms with Crippen LogP contribution >= 0.6 is 11.8 Å². The van der Waals surface area contributed by atoms with Crippen LogP contribution in [0.25, 0.3) is 0 Å². The molecule has 0 saturated carbocycles. The highest BCUT2D eigenvalue weighted by molar-refractivity contribution is 7.99. The number of methoxy groups -OCH3 is 3. The van der Waals surface area contributed by atoms with Crippen molar-refractivity contribution in [1.82, 2.24) is 14.8 Å². The van der Waals surface area contributed by atoms with Crippen molar-refractivity contribution in [2.24, 2.45) is 0 Å². The van der Waals surface area contributed by atoms with Crippen LogP contribution in [0.1, 0.15) is 25.8 Å². The number of carbonyl (C=O) groups excluding carboxylic acids is 1. The van der Waals surface area contributed by atoms with Crippen molar-refractivity contribution in [3.8, 4) is 23.0 Å². The second-order valence-corrected chi connectivity index (χ2v) is 7.87. The second kappa shape index (κ2) is 11.5. The smallest absolute Gasteiger partial charge is 0.234 e. The van der Waals surface area contributed by atoms with E-state index in [1.807, 2.05) is 42.7 Å². The van der Waals surface area contributed by atoms with Crippen molar-refractivity contribution in [1.29, 1.82) is 0 Å². The van der Waals surface area contributed by atoms with Gasteiger partial charge in [-0.05, 0) is 50.2 Å². The monoisotopic (exact) mass is 472 g/mol. The van der Waals surface area contributed by atoms with Gasteiger partial charge in [0.15, 0.2) is 17.1 Å². The van der Waals surface area contributed by atoms with E-state index in [0.29, 0.717) is 40.5 Å². The molecule has 0 aliphatic rings. The van der Waals surface area contributed by atoms with Gasteiger partial charge in [0.25, 0.3) is 0 Å². The predicted molar refractivity (Wildman–Crippen MR) is 127 cm³/mol. The first-order valence-electron chi connectivity index (χ1n) is 10.4. The molecule has 33 heavy (non-hydrogen) atoms. The third-order valence-electron chi connectivity index (χ3n) is 4.81. The molecule has 2 aromatic carbocycles. The summed E-state index contributed by atoms with van der Waals surface area (Å²) in [6, 6.07) is 12.6. The molecule has 1 heterocycles. The fourth-order valence-electron chi connectivity index (χ4n) is 3.14. The van der Waals surface area contributed by atoms with Crippen molar-refractivity contribution >= 4 is 23.4 Å². The number of thioether (sulfide) groups is 1. The molecule has 0 bridgehead atoms. The standard InChI is InChI=1S/C23H28N4O5S/c1-6-27-22(15(2)32-17-9-7-16(29-3)8-10-17)25-26-23(27)33-14-21(28)24-19-13-18(30-4)11-12-20(19)31-5/h7-13,15H,6,14H2,1-5H3,(H,24,28). The van der Waals surface area contributed by atoms with Gasteiger partial charge in [-0.15, -0.1) is 10.2 Å². The molecular weight excluding hydrogens is 444 g/mol. The van der Waals surface area contributed by atoms with Crippen LogP contribution in [-0.2, 0) is 11.3 Å². The third kappa shape index (κ3) is 6.10. The maximum Gasteiger partial charge on any atom is 0.234 e. The Balaban J connectivity index is 1.64. The molecule has 3 aromatic rings. The van der Waals surface area contributed by atoms with E-state index in [-0.39, 0.29) is 17.8 Å². The van der Waals surface area contributed by atoms with Crippen LogP contribution < -0.4 is 24.3 Å². The first kappa shape index (κ1) is 24.2. The Morgan fingerprint density at radius 2 is 1.67 bits per heavy atom. The number of nitrogens with one attached hydrogen (secondary N) is 1. The highest BCUT2D eigenvalue weighted by Crippen LogP contribution is 2.30. The minimum absolute atomic E-state index is 0.159. The quantitative estimate of drug-likeness (QED) is 0.415. The maximum atomic E-state index is 12.6. The lowest BCUT2D eigenvalue weighted by atomic mass is 10.2. The second-order valence-electron chi connectivity index (χ2n) is 6.92. The Labute approximate surface area is 197 Å². The first-order chi connectivity index (χ1) is 16.0. The summed E-state index contributed by atoms with van der Waals surface area (Å²) in [5.41, 5.74) is 0.543. The molecule has 176 valence electrons. The number of aromatic nitrogens is 3. The van der Waals surface area contributed by atoms with E-state index in [1.165, 1.54) is 11.8 Å². The summed E-state index contributed by atoms with van der Waals surface area (Å²) < 4.78 is 23.7. The van der Waals surface area contributed by atoms with Gasteiger partial charge in [0.05, 0.1) is 32.8 Å². The molecule has 1 N–H and O–H groups in total. The molecule has 0 aliphatic carbocycles. The number of carbonyl (C=O) groups is 1. The number of hydrogen-bond acceptors (Lipinski definition) is 8. The molecule has 1 unspecified atom stereocenters. The molecular formula is C23H28N4O5S. The minimum Gasteiger partial charge on any atom is -0.497 e. The number of rotatable bonds is 11. The van der Waals surface area contributed by atoms with E-state index in [0.717, 1.165) is 5.75 Å². The highest BCUT2D eigenvalue weighted by atomic mass is 32.2. The average molecular weight is 473 g/mol. The average Bonchev–Trinajstić information content (AvgIpc) is 3.26. The molecule has 9 nitrogen and oxygen atoms in total. The lowest BCUT2D eigenvalue weighted by molar-refractivity contribution is -0.113. The lowest BCUT2D eigenvalue weighted by Crippen LogP contribution is -2.16. The number of anilines is 1. The number of nitrogens with zero attached hydrogens (tertiary/aromatic N) is 3. The Hall–Kier alpha value is -3.40. The Bertz CT molecular complexity index is 1070. The van der Waals surface area contributed by atoms with Gasteiger partial charge < -0.3 is 28.8 Å². The summed E-state index contributed by atoms with van der Waals surface area (Å²) in [5, 5.41) is 12.1. The minimum atomic E-state index is -0.324. The van der Waals surface area contributed by atoms with Gasteiger partial charge in [-0.1, -0.05) is 11.8 Å². The van der Waals surface area contributed by atoms with Crippen LogP contribution in [0.5, 0.6) is 23.0 Å². The van der Waals surface area contributed by atoms with Gasteiger partial charge in [0, 0.05) is 12.6 Å². The topological polar surface area (TPSA) is 96.7 Å².